The molecule has 8 atom stereocenters. The van der Waals surface area contributed by atoms with E-state index in [0.717, 1.165) is 4.57 Å². The van der Waals surface area contributed by atoms with Crippen LogP contribution in [0.25, 0.3) is 0 Å². The molecular formula is C29H45N7O9. The Labute approximate surface area is 260 Å². The van der Waals surface area contributed by atoms with Crippen LogP contribution in [-0.2, 0) is 23.9 Å². The Morgan fingerprint density at radius 3 is 2.11 bits per heavy atom. The van der Waals surface area contributed by atoms with Crippen LogP contribution in [0.2, 0.25) is 0 Å². The number of hydrogen-bond acceptors (Lipinski definition) is 11. The fraction of sp³-hybridized carbons (Fsp3) is 0.724. The zero-order valence-electron chi connectivity index (χ0n) is 26.0. The zero-order chi connectivity index (χ0) is 33.2. The van der Waals surface area contributed by atoms with Crippen molar-refractivity contribution in [1.29, 1.82) is 0 Å². The molecule has 3 saturated heterocycles. The molecule has 0 aromatic carbocycles. The average molecular weight is 636 g/mol. The third kappa shape index (κ3) is 7.19. The molecule has 7 N–H and O–H groups in total. The molecule has 0 bridgehead atoms. The normalized spacial score (nSPS) is 28.0. The maximum absolute atomic E-state index is 13.8. The van der Waals surface area contributed by atoms with Crippen molar-refractivity contribution in [3.05, 3.63) is 22.7 Å². The summed E-state index contributed by atoms with van der Waals surface area (Å²) in [4.78, 5) is 72.8. The number of aromatic nitrogens is 2. The van der Waals surface area contributed by atoms with E-state index < -0.39 is 78.7 Å². The van der Waals surface area contributed by atoms with Crippen LogP contribution in [0, 0.1) is 11.8 Å². The molecule has 1 aromatic heterocycles. The Hall–Kier alpha value is -3.44. The zero-order valence-corrected chi connectivity index (χ0v) is 26.0. The van der Waals surface area contributed by atoms with Gasteiger partial charge >= 0.3 is 5.69 Å². The molecule has 4 rings (SSSR count). The number of aliphatic hydroxyl groups is 3. The predicted molar refractivity (Wildman–Crippen MR) is 159 cm³/mol. The summed E-state index contributed by atoms with van der Waals surface area (Å²) in [5, 5.41) is 34.9. The van der Waals surface area contributed by atoms with Gasteiger partial charge in [-0.2, -0.15) is 4.98 Å². The lowest BCUT2D eigenvalue weighted by Crippen LogP contribution is -2.58. The number of nitrogens with one attached hydrogen (secondary N) is 2. The van der Waals surface area contributed by atoms with Crippen LogP contribution >= 0.6 is 0 Å². The summed E-state index contributed by atoms with van der Waals surface area (Å²) in [7, 11) is 0. The van der Waals surface area contributed by atoms with Crippen molar-refractivity contribution >= 4 is 29.4 Å². The molecule has 4 amide bonds. The number of carbonyl (C=O) groups is 4. The molecule has 0 spiro atoms. The van der Waals surface area contributed by atoms with Crippen LogP contribution in [0.1, 0.15) is 59.6 Å². The first-order valence-corrected chi connectivity index (χ1v) is 15.5. The minimum Gasteiger partial charge on any atom is -0.394 e. The number of ether oxygens (including phenoxy) is 1. The summed E-state index contributed by atoms with van der Waals surface area (Å²) in [6, 6.07) is -1.99. The van der Waals surface area contributed by atoms with E-state index in [9.17, 15) is 39.3 Å². The molecule has 3 aliphatic heterocycles. The summed E-state index contributed by atoms with van der Waals surface area (Å²) in [5.74, 6) is -2.25. The van der Waals surface area contributed by atoms with Crippen LogP contribution in [0.4, 0.5) is 5.82 Å². The number of aliphatic hydroxyl groups excluding tert-OH is 3. The highest BCUT2D eigenvalue weighted by Gasteiger charge is 2.44. The van der Waals surface area contributed by atoms with Gasteiger partial charge in [0.15, 0.2) is 6.23 Å². The van der Waals surface area contributed by atoms with E-state index in [1.807, 2.05) is 13.8 Å². The van der Waals surface area contributed by atoms with Crippen LogP contribution in [-0.4, -0.2) is 120 Å². The number of nitrogens with two attached hydrogens (primary N) is 1. The van der Waals surface area contributed by atoms with Gasteiger partial charge < -0.3 is 46.2 Å². The highest BCUT2D eigenvalue weighted by molar-refractivity contribution is 5.99. The third-order valence-corrected chi connectivity index (χ3v) is 8.78. The van der Waals surface area contributed by atoms with Gasteiger partial charge in [-0.05, 0) is 43.6 Å². The molecular weight excluding hydrogens is 590 g/mol. The second-order valence-corrected chi connectivity index (χ2v) is 12.6. The van der Waals surface area contributed by atoms with Gasteiger partial charge in [0.1, 0.15) is 42.3 Å². The topological polar surface area (TPSA) is 230 Å². The molecule has 0 aliphatic carbocycles. The van der Waals surface area contributed by atoms with E-state index in [1.54, 1.807) is 13.8 Å². The Bertz CT molecular complexity index is 1320. The lowest BCUT2D eigenvalue weighted by Gasteiger charge is -2.33. The lowest BCUT2D eigenvalue weighted by atomic mass is 10.0. The summed E-state index contributed by atoms with van der Waals surface area (Å²) in [6.45, 7) is 7.37. The van der Waals surface area contributed by atoms with Crippen molar-refractivity contribution in [1.82, 2.24) is 24.7 Å². The molecule has 1 aromatic rings. The van der Waals surface area contributed by atoms with E-state index in [-0.39, 0.29) is 30.1 Å². The molecule has 3 fully saturated rings. The van der Waals surface area contributed by atoms with Crippen molar-refractivity contribution in [2.24, 2.45) is 17.6 Å². The smallest absolute Gasteiger partial charge is 0.351 e. The van der Waals surface area contributed by atoms with Crippen LogP contribution in [0.15, 0.2) is 17.1 Å². The Balaban J connectivity index is 1.42. The maximum atomic E-state index is 13.8. The van der Waals surface area contributed by atoms with Gasteiger partial charge in [-0.1, -0.05) is 27.7 Å². The summed E-state index contributed by atoms with van der Waals surface area (Å²) in [6.07, 6.45) is -2.02. The summed E-state index contributed by atoms with van der Waals surface area (Å²) in [5.41, 5.74) is 5.19. The maximum Gasteiger partial charge on any atom is 0.351 e. The molecule has 3 aliphatic rings. The first kappa shape index (κ1) is 34.4. The van der Waals surface area contributed by atoms with Gasteiger partial charge in [0.2, 0.25) is 23.6 Å². The Kier molecular flexibility index (Phi) is 11.0. The first-order valence-electron chi connectivity index (χ1n) is 15.5. The lowest BCUT2D eigenvalue weighted by molar-refractivity contribution is -0.144. The fourth-order valence-electron chi connectivity index (χ4n) is 6.02. The van der Waals surface area contributed by atoms with Crippen molar-refractivity contribution in [3.63, 3.8) is 0 Å². The van der Waals surface area contributed by atoms with E-state index in [2.05, 4.69) is 15.6 Å². The molecule has 45 heavy (non-hydrogen) atoms. The Morgan fingerprint density at radius 2 is 1.58 bits per heavy atom. The van der Waals surface area contributed by atoms with Crippen molar-refractivity contribution in [2.75, 3.05) is 25.0 Å². The molecule has 0 saturated carbocycles. The van der Waals surface area contributed by atoms with Gasteiger partial charge in [0, 0.05) is 19.3 Å². The van der Waals surface area contributed by atoms with E-state index in [4.69, 9.17) is 10.5 Å². The van der Waals surface area contributed by atoms with Crippen LogP contribution in [0.3, 0.4) is 0 Å². The molecule has 250 valence electrons. The minimum atomic E-state index is -1.48. The van der Waals surface area contributed by atoms with Crippen LogP contribution in [0.5, 0.6) is 0 Å². The number of rotatable bonds is 10. The largest absolute Gasteiger partial charge is 0.394 e. The van der Waals surface area contributed by atoms with Gasteiger partial charge in [-0.25, -0.2) is 4.79 Å². The molecule has 0 radical (unpaired) electrons. The van der Waals surface area contributed by atoms with Crippen LogP contribution < -0.4 is 22.1 Å². The average Bonchev–Trinajstić information content (AvgIpc) is 3.75. The predicted octanol–water partition coefficient (Wildman–Crippen LogP) is -2.10. The van der Waals surface area contributed by atoms with Gasteiger partial charge in [0.05, 0.1) is 12.6 Å². The summed E-state index contributed by atoms with van der Waals surface area (Å²) < 4.78 is 6.31. The van der Waals surface area contributed by atoms with Gasteiger partial charge in [0.25, 0.3) is 0 Å². The third-order valence-electron chi connectivity index (χ3n) is 8.78. The first-order chi connectivity index (χ1) is 21.3. The van der Waals surface area contributed by atoms with Crippen molar-refractivity contribution in [2.45, 2.75) is 102 Å². The number of carbonyl (C=O) groups excluding carboxylic acids is 4. The number of amides is 4. The van der Waals surface area contributed by atoms with E-state index >= 15 is 0 Å². The van der Waals surface area contributed by atoms with Gasteiger partial charge in [-0.3, -0.25) is 23.7 Å². The monoisotopic (exact) mass is 635 g/mol. The molecule has 4 heterocycles. The minimum absolute atomic E-state index is 0.0911. The molecule has 0 unspecified atom stereocenters. The molecule has 16 nitrogen and oxygen atoms in total. The summed E-state index contributed by atoms with van der Waals surface area (Å²) >= 11 is 0. The number of anilines is 1. The van der Waals surface area contributed by atoms with Crippen molar-refractivity contribution in [3.8, 4) is 0 Å². The standard InChI is InChI=1S/C29H45N7O9/c1-14(2)20(30)26(42)34-10-5-8-17(34)25(41)33-21(15(3)4)27(43)35-11-6-7-16(35)24(40)31-19-9-12-36(29(44)32-19)28-23(39)22(38)18(13-37)45-28/h9,12,14-18,20-23,28,37-39H,5-8,10-11,13,30H2,1-4H3,(H,33,41)(H,31,32,40,44)/t16-,17-,18+,20-,21-,22+,23-,28+/m0/s1. The van der Waals surface area contributed by atoms with E-state index in [0.29, 0.717) is 32.2 Å². The highest BCUT2D eigenvalue weighted by atomic mass is 16.6. The van der Waals surface area contributed by atoms with E-state index in [1.165, 1.54) is 22.1 Å². The second-order valence-electron chi connectivity index (χ2n) is 12.6. The Morgan fingerprint density at radius 1 is 0.978 bits per heavy atom. The van der Waals surface area contributed by atoms with Crippen molar-refractivity contribution < 1.29 is 39.2 Å². The fourth-order valence-corrected chi connectivity index (χ4v) is 6.02. The highest BCUT2D eigenvalue weighted by Crippen LogP contribution is 2.28. The quantitative estimate of drug-likeness (QED) is 0.163. The number of likely N-dealkylation sites (tertiary alicyclic amines) is 2. The van der Waals surface area contributed by atoms with Gasteiger partial charge in [-0.15, -0.1) is 0 Å². The SMILES string of the molecule is CC(C)[C@H](N)C(=O)N1CCC[C@H]1C(=O)N[C@H](C(=O)N1CCC[C@H]1C(=O)Nc1ccn([C@@H]2O[C@H](CO)[C@@H](O)[C@@H]2O)c(=O)n1)C(C)C. The molecule has 16 heteroatoms. The second kappa shape index (κ2) is 14.3. The number of nitrogens with zero attached hydrogens (tertiary/aromatic N) is 4. The number of hydrogen-bond donors (Lipinski definition) is 6.